The van der Waals surface area contributed by atoms with Gasteiger partial charge in [-0.3, -0.25) is 4.98 Å². The Hall–Kier alpha value is -0.440. The van der Waals surface area contributed by atoms with Crippen molar-refractivity contribution >= 4 is 15.9 Å². The lowest BCUT2D eigenvalue weighted by molar-refractivity contribution is 1.09. The molecule has 1 rings (SSSR count). The van der Waals surface area contributed by atoms with Crippen LogP contribution in [0.4, 0.5) is 0 Å². The van der Waals surface area contributed by atoms with Gasteiger partial charge in [-0.05, 0) is 22.8 Å². The smallest absolute Gasteiger partial charge is 0.124 e. The van der Waals surface area contributed by atoms with E-state index in [2.05, 4.69) is 25.9 Å². The fourth-order valence-corrected chi connectivity index (χ4v) is 0.541. The summed E-state index contributed by atoms with van der Waals surface area (Å²) in [4.78, 5) is 6.96. The molecule has 0 fully saturated rings. The molecule has 8 heavy (non-hydrogen) atoms. The normalized spacial score (nSPS) is 19.9. The Morgan fingerprint density at radius 3 is 3.50 bits per heavy atom. The van der Waals surface area contributed by atoms with Crippen molar-refractivity contribution in [2.45, 2.75) is 6.85 Å². The van der Waals surface area contributed by atoms with Crippen molar-refractivity contribution in [1.29, 1.82) is 0 Å². The first-order valence-electron chi connectivity index (χ1n) is 4.33. The molecule has 42 valence electrons. The lowest BCUT2D eigenvalue weighted by atomic mass is 10.5. The number of aromatic nitrogens is 2. The Bertz CT molecular complexity index is 336. The Morgan fingerprint density at radius 2 is 2.75 bits per heavy atom. The van der Waals surface area contributed by atoms with E-state index in [9.17, 15) is 0 Å². The Balaban J connectivity index is 3.32. The van der Waals surface area contributed by atoms with Crippen molar-refractivity contribution in [3.05, 3.63) is 22.6 Å². The zero-order chi connectivity index (χ0) is 10.2. The number of nitrogens with zero attached hydrogens (tertiary/aromatic N) is 2. The van der Waals surface area contributed by atoms with Gasteiger partial charge in [0.1, 0.15) is 4.60 Å². The second-order valence-electron chi connectivity index (χ2n) is 1.09. The molecule has 0 aliphatic rings. The molecule has 0 saturated carbocycles. The number of hydrogen-bond donors (Lipinski definition) is 0. The van der Waals surface area contributed by atoms with E-state index in [1.54, 1.807) is 0 Å². The van der Waals surface area contributed by atoms with Crippen molar-refractivity contribution in [3.63, 3.8) is 0 Å². The molecule has 0 aliphatic carbocycles. The molecule has 0 N–H and O–H groups in total. The van der Waals surface area contributed by atoms with E-state index >= 15 is 0 Å². The Morgan fingerprint density at radius 1 is 1.88 bits per heavy atom. The van der Waals surface area contributed by atoms with Gasteiger partial charge < -0.3 is 0 Å². The number of rotatable bonds is 0. The van der Waals surface area contributed by atoms with E-state index in [1.165, 1.54) is 0 Å². The standard InChI is InChI=1S/C5H5BrN2/c1-4-2-7-3-5(6)8-4/h2-3H,1H3/i1D3,2D,3D. The highest BCUT2D eigenvalue weighted by Crippen LogP contribution is 2.01. The molecule has 1 aromatic heterocycles. The van der Waals surface area contributed by atoms with Crippen LogP contribution in [0.5, 0.6) is 0 Å². The van der Waals surface area contributed by atoms with Crippen LogP contribution in [-0.4, -0.2) is 9.97 Å². The van der Waals surface area contributed by atoms with Crippen LogP contribution in [0.1, 0.15) is 12.5 Å². The number of aryl methyl sites for hydroxylation is 1. The summed E-state index contributed by atoms with van der Waals surface area (Å²) >= 11 is 2.88. The predicted molar refractivity (Wildman–Crippen MR) is 34.5 cm³/mol. The highest BCUT2D eigenvalue weighted by molar-refractivity contribution is 9.10. The largest absolute Gasteiger partial charge is 0.260 e. The zero-order valence-electron chi connectivity index (χ0n) is 8.77. The molecule has 1 aromatic rings. The van der Waals surface area contributed by atoms with Crippen molar-refractivity contribution in [1.82, 2.24) is 9.97 Å². The monoisotopic (exact) mass is 177 g/mol. The summed E-state index contributed by atoms with van der Waals surface area (Å²) in [6, 6.07) is 0. The highest BCUT2D eigenvalue weighted by Gasteiger charge is 1.85. The lowest BCUT2D eigenvalue weighted by Crippen LogP contribution is -1.81. The summed E-state index contributed by atoms with van der Waals surface area (Å²) in [6.45, 7) is -2.46. The van der Waals surface area contributed by atoms with E-state index in [0.29, 0.717) is 0 Å². The van der Waals surface area contributed by atoms with Crippen LogP contribution in [0.3, 0.4) is 0 Å². The third kappa shape index (κ3) is 1.26. The minimum Gasteiger partial charge on any atom is -0.260 e. The molecule has 0 aromatic carbocycles. The van der Waals surface area contributed by atoms with Gasteiger partial charge in [-0.1, -0.05) is 0 Å². The summed E-state index contributed by atoms with van der Waals surface area (Å²) in [5.74, 6) is 0. The minimum absolute atomic E-state index is 0.0367. The summed E-state index contributed by atoms with van der Waals surface area (Å²) in [6.07, 6.45) is -0.716. The third-order valence-electron chi connectivity index (χ3n) is 0.520. The van der Waals surface area contributed by atoms with Crippen LogP contribution in [0.25, 0.3) is 0 Å². The van der Waals surface area contributed by atoms with E-state index in [-0.39, 0.29) is 10.8 Å². The average molecular weight is 178 g/mol. The summed E-state index contributed by atoms with van der Waals surface area (Å²) < 4.78 is 35.4. The molecule has 0 bridgehead atoms. The molecule has 0 radical (unpaired) electrons. The van der Waals surface area contributed by atoms with Gasteiger partial charge in [0.05, 0.1) is 14.6 Å². The van der Waals surface area contributed by atoms with Crippen LogP contribution in [0.15, 0.2) is 16.9 Å². The summed E-state index contributed by atoms with van der Waals surface area (Å²) in [5, 5.41) is 0. The zero-order valence-corrected chi connectivity index (χ0v) is 5.36. The lowest BCUT2D eigenvalue weighted by Gasteiger charge is -1.87. The first kappa shape index (κ1) is 2.06. The SMILES string of the molecule is [2H]c1nc([2H])c(C([2H])([2H])[2H])nc1Br. The van der Waals surface area contributed by atoms with Crippen LogP contribution in [-0.2, 0) is 0 Å². The topological polar surface area (TPSA) is 25.8 Å². The molecule has 2 nitrogen and oxygen atoms in total. The van der Waals surface area contributed by atoms with Crippen molar-refractivity contribution < 1.29 is 6.85 Å². The van der Waals surface area contributed by atoms with Crippen LogP contribution in [0, 0.1) is 6.85 Å². The maximum Gasteiger partial charge on any atom is 0.124 e. The molecular formula is C5H5BrN2. The molecule has 3 heteroatoms. The predicted octanol–water partition coefficient (Wildman–Crippen LogP) is 1.55. The number of halogens is 1. The van der Waals surface area contributed by atoms with Gasteiger partial charge in [0, 0.05) is 10.3 Å². The van der Waals surface area contributed by atoms with Crippen LogP contribution >= 0.6 is 15.9 Å². The van der Waals surface area contributed by atoms with Gasteiger partial charge in [-0.2, -0.15) is 0 Å². The summed E-state index contributed by atoms with van der Waals surface area (Å²) in [5.41, 5.74) is -0.393. The van der Waals surface area contributed by atoms with Crippen LogP contribution in [0.2, 0.25) is 0 Å². The second kappa shape index (κ2) is 2.22. The quantitative estimate of drug-likeness (QED) is 0.602. The Labute approximate surface area is 63.1 Å². The summed E-state index contributed by atoms with van der Waals surface area (Å²) in [7, 11) is 0. The highest BCUT2D eigenvalue weighted by atomic mass is 79.9. The van der Waals surface area contributed by atoms with Gasteiger partial charge in [0.2, 0.25) is 0 Å². The minimum atomic E-state index is -2.46. The van der Waals surface area contributed by atoms with E-state index < -0.39 is 18.7 Å². The first-order chi connectivity index (χ1) is 5.82. The van der Waals surface area contributed by atoms with Gasteiger partial charge in [0.25, 0.3) is 0 Å². The molecule has 1 heterocycles. The van der Waals surface area contributed by atoms with Crippen molar-refractivity contribution in [3.8, 4) is 0 Å². The maximum atomic E-state index is 7.19. The van der Waals surface area contributed by atoms with Crippen molar-refractivity contribution in [2.75, 3.05) is 0 Å². The molecule has 0 saturated heterocycles. The van der Waals surface area contributed by atoms with E-state index in [4.69, 9.17) is 6.85 Å². The van der Waals surface area contributed by atoms with Gasteiger partial charge in [-0.15, -0.1) is 0 Å². The Kier molecular flexibility index (Phi) is 0.572. The van der Waals surface area contributed by atoms with E-state index in [1.807, 2.05) is 0 Å². The molecule has 0 spiro atoms. The molecule has 0 amide bonds. The second-order valence-corrected chi connectivity index (χ2v) is 1.84. The third-order valence-corrected chi connectivity index (χ3v) is 0.875. The van der Waals surface area contributed by atoms with Gasteiger partial charge in [0.15, 0.2) is 0 Å². The molecule has 0 atom stereocenters. The molecular weight excluding hydrogens is 168 g/mol. The number of hydrogen-bond acceptors (Lipinski definition) is 2. The van der Waals surface area contributed by atoms with Crippen LogP contribution < -0.4 is 0 Å². The fourth-order valence-electron chi connectivity index (χ4n) is 0.275. The molecule has 0 unspecified atom stereocenters. The van der Waals surface area contributed by atoms with E-state index in [0.717, 1.165) is 0 Å². The average Bonchev–Trinajstić information content (AvgIpc) is 1.94. The molecule has 0 aliphatic heterocycles. The maximum absolute atomic E-state index is 7.19. The van der Waals surface area contributed by atoms with Gasteiger partial charge in [-0.25, -0.2) is 4.98 Å². The van der Waals surface area contributed by atoms with Crippen molar-refractivity contribution in [2.24, 2.45) is 0 Å². The van der Waals surface area contributed by atoms with Gasteiger partial charge >= 0.3 is 0 Å². The fraction of sp³-hybridized carbons (Fsp3) is 0.200. The first-order valence-corrected chi connectivity index (χ1v) is 2.63.